The zero-order chi connectivity index (χ0) is 14.6. The molecule has 0 aliphatic carbocycles. The number of sulfonamides is 1. The lowest BCUT2D eigenvalue weighted by Crippen LogP contribution is -2.30. The molecule has 0 radical (unpaired) electrons. The van der Waals surface area contributed by atoms with E-state index in [0.29, 0.717) is 18.2 Å². The molecule has 0 saturated carbocycles. The van der Waals surface area contributed by atoms with Gasteiger partial charge in [0.15, 0.2) is 5.78 Å². The molecular weight excluding hydrogens is 312 g/mol. The molecule has 1 aromatic rings. The van der Waals surface area contributed by atoms with Gasteiger partial charge in [-0.2, -0.15) is 0 Å². The number of hydrogen-bond donors (Lipinski definition) is 2. The first-order valence-corrected chi connectivity index (χ1v) is 8.31. The fourth-order valence-corrected chi connectivity index (χ4v) is 3.43. The molecule has 1 atom stereocenters. The van der Waals surface area contributed by atoms with E-state index in [9.17, 15) is 13.2 Å². The second-order valence-corrected chi connectivity index (χ2v) is 6.83. The van der Waals surface area contributed by atoms with Crippen molar-refractivity contribution in [2.45, 2.75) is 37.1 Å². The molecule has 1 saturated heterocycles. The van der Waals surface area contributed by atoms with Crippen molar-refractivity contribution in [3.8, 4) is 0 Å². The van der Waals surface area contributed by atoms with Crippen LogP contribution in [0.3, 0.4) is 0 Å². The maximum absolute atomic E-state index is 12.1. The van der Waals surface area contributed by atoms with Crippen molar-refractivity contribution in [2.24, 2.45) is 0 Å². The summed E-state index contributed by atoms with van der Waals surface area (Å²) in [7, 11) is -3.54. The lowest BCUT2D eigenvalue weighted by atomic mass is 10.2. The van der Waals surface area contributed by atoms with Crippen LogP contribution in [0.5, 0.6) is 0 Å². The average molecular weight is 333 g/mol. The number of rotatable bonds is 6. The molecule has 0 amide bonds. The lowest BCUT2D eigenvalue weighted by molar-refractivity contribution is 0.101. The van der Waals surface area contributed by atoms with Crippen LogP contribution in [0.2, 0.25) is 0 Å². The highest BCUT2D eigenvalue weighted by molar-refractivity contribution is 7.89. The number of carbonyl (C=O) groups excluding carboxylic acids is 1. The normalized spacial score (nSPS) is 18.2. The van der Waals surface area contributed by atoms with Crippen LogP contribution in [0.15, 0.2) is 29.2 Å². The Bertz CT molecular complexity index is 584. The van der Waals surface area contributed by atoms with E-state index in [4.69, 9.17) is 0 Å². The van der Waals surface area contributed by atoms with Crippen molar-refractivity contribution in [1.29, 1.82) is 0 Å². The van der Waals surface area contributed by atoms with E-state index in [1.807, 2.05) is 0 Å². The zero-order valence-electron chi connectivity index (χ0n) is 12.0. The molecule has 0 bridgehead atoms. The Balaban J connectivity index is 0.00000220. The monoisotopic (exact) mass is 332 g/mol. The molecule has 7 heteroatoms. The molecule has 2 rings (SSSR count). The van der Waals surface area contributed by atoms with Gasteiger partial charge in [-0.05, 0) is 44.9 Å². The molecule has 2 N–H and O–H groups in total. The zero-order valence-corrected chi connectivity index (χ0v) is 13.6. The van der Waals surface area contributed by atoms with Crippen molar-refractivity contribution in [3.63, 3.8) is 0 Å². The highest BCUT2D eigenvalue weighted by atomic mass is 35.5. The number of hydrogen-bond acceptors (Lipinski definition) is 4. The number of Topliss-reactive ketones (excluding diaryl/α,β-unsaturated/α-hetero) is 1. The summed E-state index contributed by atoms with van der Waals surface area (Å²) >= 11 is 0. The molecule has 0 unspecified atom stereocenters. The van der Waals surface area contributed by atoms with E-state index in [1.54, 1.807) is 12.1 Å². The van der Waals surface area contributed by atoms with Gasteiger partial charge in [0.2, 0.25) is 10.0 Å². The Morgan fingerprint density at radius 2 is 2.19 bits per heavy atom. The van der Waals surface area contributed by atoms with Crippen LogP contribution >= 0.6 is 12.4 Å². The predicted octanol–water partition coefficient (Wildman–Crippen LogP) is 1.73. The Morgan fingerprint density at radius 3 is 2.81 bits per heavy atom. The molecule has 21 heavy (non-hydrogen) atoms. The SMILES string of the molecule is CC(=O)c1cccc(S(=O)(=O)NCC[C@H]2CCCN2)c1.Cl. The standard InChI is InChI=1S/C14H20N2O3S.ClH/c1-11(17)12-4-2-6-14(10-12)20(18,19)16-9-7-13-5-3-8-15-13;/h2,4,6,10,13,15-16H,3,5,7-9H2,1H3;1H/t13-;/m1./s1. The molecule has 1 fully saturated rings. The molecule has 1 aliphatic rings. The summed E-state index contributed by atoms with van der Waals surface area (Å²) in [6.07, 6.45) is 3.03. The molecule has 1 aromatic carbocycles. The van der Waals surface area contributed by atoms with E-state index >= 15 is 0 Å². The van der Waals surface area contributed by atoms with Crippen LogP contribution in [0, 0.1) is 0 Å². The molecule has 1 heterocycles. The van der Waals surface area contributed by atoms with Crippen LogP contribution in [0.4, 0.5) is 0 Å². The first kappa shape index (κ1) is 18.1. The fraction of sp³-hybridized carbons (Fsp3) is 0.500. The van der Waals surface area contributed by atoms with Gasteiger partial charge in [-0.3, -0.25) is 4.79 Å². The van der Waals surface area contributed by atoms with Crippen molar-refractivity contribution in [1.82, 2.24) is 10.0 Å². The minimum atomic E-state index is -3.54. The smallest absolute Gasteiger partial charge is 0.240 e. The van der Waals surface area contributed by atoms with Gasteiger partial charge >= 0.3 is 0 Å². The van der Waals surface area contributed by atoms with Gasteiger partial charge in [0, 0.05) is 18.2 Å². The third kappa shape index (κ3) is 5.07. The maximum Gasteiger partial charge on any atom is 0.240 e. The lowest BCUT2D eigenvalue weighted by Gasteiger charge is -2.11. The van der Waals surface area contributed by atoms with Crippen LogP contribution in [-0.4, -0.2) is 33.3 Å². The quantitative estimate of drug-likeness (QED) is 0.778. The van der Waals surface area contributed by atoms with Crippen molar-refractivity contribution in [2.75, 3.05) is 13.1 Å². The summed E-state index contributed by atoms with van der Waals surface area (Å²) in [4.78, 5) is 11.4. The Hall–Kier alpha value is -0.950. The molecule has 1 aliphatic heterocycles. The minimum Gasteiger partial charge on any atom is -0.314 e. The fourth-order valence-electron chi connectivity index (χ4n) is 2.34. The highest BCUT2D eigenvalue weighted by Crippen LogP contribution is 2.13. The van der Waals surface area contributed by atoms with Crippen LogP contribution in [0.1, 0.15) is 36.5 Å². The summed E-state index contributed by atoms with van der Waals surface area (Å²) in [6, 6.07) is 6.52. The van der Waals surface area contributed by atoms with E-state index in [0.717, 1.165) is 25.8 Å². The Kier molecular flexibility index (Phi) is 6.80. The molecule has 118 valence electrons. The number of carbonyl (C=O) groups is 1. The van der Waals surface area contributed by atoms with Crippen molar-refractivity contribution in [3.05, 3.63) is 29.8 Å². The minimum absolute atomic E-state index is 0. The Labute approximate surface area is 132 Å². The van der Waals surface area contributed by atoms with Gasteiger partial charge in [0.25, 0.3) is 0 Å². The third-order valence-corrected chi connectivity index (χ3v) is 4.96. The van der Waals surface area contributed by atoms with Crippen molar-refractivity contribution >= 4 is 28.2 Å². The molecular formula is C14H21ClN2O3S. The molecule has 0 spiro atoms. The van der Waals surface area contributed by atoms with Gasteiger partial charge < -0.3 is 5.32 Å². The number of ketones is 1. The van der Waals surface area contributed by atoms with E-state index in [2.05, 4.69) is 10.0 Å². The van der Waals surface area contributed by atoms with Gasteiger partial charge in [-0.15, -0.1) is 12.4 Å². The Morgan fingerprint density at radius 1 is 1.43 bits per heavy atom. The third-order valence-electron chi connectivity index (χ3n) is 3.50. The summed E-state index contributed by atoms with van der Waals surface area (Å²) in [6.45, 7) is 2.84. The van der Waals surface area contributed by atoms with Crippen LogP contribution < -0.4 is 10.0 Å². The van der Waals surface area contributed by atoms with E-state index in [-0.39, 0.29) is 23.1 Å². The number of benzene rings is 1. The first-order valence-electron chi connectivity index (χ1n) is 6.83. The van der Waals surface area contributed by atoms with Gasteiger partial charge in [0.1, 0.15) is 0 Å². The van der Waals surface area contributed by atoms with Gasteiger partial charge in [-0.1, -0.05) is 12.1 Å². The topological polar surface area (TPSA) is 75.3 Å². The summed E-state index contributed by atoms with van der Waals surface area (Å²) in [5.74, 6) is -0.141. The summed E-state index contributed by atoms with van der Waals surface area (Å²) < 4.78 is 26.9. The maximum atomic E-state index is 12.1. The van der Waals surface area contributed by atoms with Crippen molar-refractivity contribution < 1.29 is 13.2 Å². The first-order chi connectivity index (χ1) is 9.49. The highest BCUT2D eigenvalue weighted by Gasteiger charge is 2.17. The van der Waals surface area contributed by atoms with Gasteiger partial charge in [0.05, 0.1) is 4.90 Å². The van der Waals surface area contributed by atoms with E-state index in [1.165, 1.54) is 19.1 Å². The largest absolute Gasteiger partial charge is 0.314 e. The molecule has 5 nitrogen and oxygen atoms in total. The summed E-state index contributed by atoms with van der Waals surface area (Å²) in [5, 5.41) is 3.33. The predicted molar refractivity (Wildman–Crippen MR) is 84.5 cm³/mol. The molecule has 0 aromatic heterocycles. The number of nitrogens with one attached hydrogen (secondary N) is 2. The van der Waals surface area contributed by atoms with Gasteiger partial charge in [-0.25, -0.2) is 13.1 Å². The van der Waals surface area contributed by atoms with Crippen LogP contribution in [0.25, 0.3) is 0 Å². The average Bonchev–Trinajstić information content (AvgIpc) is 2.92. The summed E-state index contributed by atoms with van der Waals surface area (Å²) in [5.41, 5.74) is 0.408. The van der Waals surface area contributed by atoms with Crippen LogP contribution in [-0.2, 0) is 10.0 Å². The van der Waals surface area contributed by atoms with E-state index < -0.39 is 10.0 Å². The second kappa shape index (κ2) is 7.89. The second-order valence-electron chi connectivity index (χ2n) is 5.06. The number of halogens is 1.